The second-order valence-corrected chi connectivity index (χ2v) is 4.00. The first kappa shape index (κ1) is 12.4. The van der Waals surface area contributed by atoms with Crippen molar-refractivity contribution in [3.63, 3.8) is 0 Å². The summed E-state index contributed by atoms with van der Waals surface area (Å²) in [4.78, 5) is 3.87. The smallest absolute Gasteiger partial charge is 0.285 e. The van der Waals surface area contributed by atoms with Crippen molar-refractivity contribution in [3.05, 3.63) is 42.7 Å². The van der Waals surface area contributed by atoms with Crippen LogP contribution in [-0.2, 0) is 0 Å². The Morgan fingerprint density at radius 1 is 1.20 bits per heavy atom. The molecule has 0 aliphatic carbocycles. The number of H-pyrrole nitrogens is 1. The van der Waals surface area contributed by atoms with Gasteiger partial charge in [0.05, 0.1) is 18.1 Å². The van der Waals surface area contributed by atoms with E-state index in [9.17, 15) is 13.2 Å². The summed E-state index contributed by atoms with van der Waals surface area (Å²) in [6, 6.07) is 2.58. The molecule has 3 aromatic rings. The Hall–Kier alpha value is -2.64. The first-order valence-corrected chi connectivity index (χ1v) is 5.63. The van der Waals surface area contributed by atoms with Crippen LogP contribution in [0.2, 0.25) is 0 Å². The maximum Gasteiger partial charge on any atom is 0.333 e. The van der Waals surface area contributed by atoms with Crippen molar-refractivity contribution in [3.8, 4) is 22.5 Å². The largest absolute Gasteiger partial charge is 0.333 e. The molecule has 0 aliphatic rings. The molecule has 5 nitrogen and oxygen atoms in total. The van der Waals surface area contributed by atoms with Crippen molar-refractivity contribution in [2.45, 2.75) is 6.55 Å². The maximum absolute atomic E-state index is 12.9. The van der Waals surface area contributed by atoms with Gasteiger partial charge in [-0.05, 0) is 12.1 Å². The van der Waals surface area contributed by atoms with Crippen molar-refractivity contribution >= 4 is 0 Å². The van der Waals surface area contributed by atoms with Gasteiger partial charge in [0, 0.05) is 23.5 Å². The maximum atomic E-state index is 12.9. The molecule has 0 amide bonds. The van der Waals surface area contributed by atoms with E-state index >= 15 is 0 Å². The minimum Gasteiger partial charge on any atom is -0.285 e. The standard InChI is InChI=1S/C12H8F3N5/c13-8-1-2-10(16-5-8)11-9(7-3-17-18-4-7)6-20(19-11)12(14)15/h1-6,12H,(H,17,18). The number of nitrogens with one attached hydrogen (secondary N) is 1. The molecule has 102 valence electrons. The first-order valence-electron chi connectivity index (χ1n) is 5.63. The molecule has 0 radical (unpaired) electrons. The number of aromatic amines is 1. The second kappa shape index (κ2) is 4.80. The van der Waals surface area contributed by atoms with Gasteiger partial charge >= 0.3 is 6.55 Å². The van der Waals surface area contributed by atoms with Gasteiger partial charge in [0.1, 0.15) is 11.5 Å². The Bertz CT molecular complexity index is 703. The quantitative estimate of drug-likeness (QED) is 0.802. The zero-order valence-corrected chi connectivity index (χ0v) is 9.96. The van der Waals surface area contributed by atoms with Crippen LogP contribution < -0.4 is 0 Å². The number of alkyl halides is 2. The van der Waals surface area contributed by atoms with E-state index in [0.717, 1.165) is 6.20 Å². The Balaban J connectivity index is 2.15. The van der Waals surface area contributed by atoms with Crippen molar-refractivity contribution in [1.29, 1.82) is 0 Å². The molecule has 3 aromatic heterocycles. The van der Waals surface area contributed by atoms with Crippen LogP contribution in [0.1, 0.15) is 6.55 Å². The summed E-state index contributed by atoms with van der Waals surface area (Å²) in [5.41, 5.74) is 1.59. The van der Waals surface area contributed by atoms with Crippen LogP contribution in [0.25, 0.3) is 22.5 Å². The Morgan fingerprint density at radius 2 is 2.05 bits per heavy atom. The predicted octanol–water partition coefficient (Wildman–Crippen LogP) is 2.87. The van der Waals surface area contributed by atoms with E-state index in [1.54, 1.807) is 6.20 Å². The lowest BCUT2D eigenvalue weighted by molar-refractivity contribution is 0.0569. The fourth-order valence-corrected chi connectivity index (χ4v) is 1.81. The fourth-order valence-electron chi connectivity index (χ4n) is 1.81. The lowest BCUT2D eigenvalue weighted by Crippen LogP contribution is -1.98. The lowest BCUT2D eigenvalue weighted by Gasteiger charge is -1.99. The molecule has 1 N–H and O–H groups in total. The van der Waals surface area contributed by atoms with Gasteiger partial charge in [0.2, 0.25) is 0 Å². The molecule has 0 aliphatic heterocycles. The van der Waals surface area contributed by atoms with E-state index in [4.69, 9.17) is 0 Å². The molecule has 0 unspecified atom stereocenters. The van der Waals surface area contributed by atoms with Crippen molar-refractivity contribution in [2.75, 3.05) is 0 Å². The molecule has 0 saturated carbocycles. The normalized spacial score (nSPS) is 11.2. The van der Waals surface area contributed by atoms with Gasteiger partial charge in [-0.15, -0.1) is 0 Å². The Morgan fingerprint density at radius 3 is 2.65 bits per heavy atom. The zero-order chi connectivity index (χ0) is 14.1. The summed E-state index contributed by atoms with van der Waals surface area (Å²) in [6.07, 6.45) is 5.26. The predicted molar refractivity (Wildman–Crippen MR) is 64.3 cm³/mol. The first-order chi connectivity index (χ1) is 9.65. The highest BCUT2D eigenvalue weighted by atomic mass is 19.3. The Labute approximate surface area is 111 Å². The summed E-state index contributed by atoms with van der Waals surface area (Å²) in [5.74, 6) is -0.507. The molecule has 3 heterocycles. The van der Waals surface area contributed by atoms with E-state index in [0.29, 0.717) is 21.5 Å². The minimum absolute atomic E-state index is 0.242. The van der Waals surface area contributed by atoms with Gasteiger partial charge in [-0.2, -0.15) is 19.0 Å². The third-order valence-corrected chi connectivity index (χ3v) is 2.71. The number of aromatic nitrogens is 5. The molecule has 8 heteroatoms. The van der Waals surface area contributed by atoms with E-state index < -0.39 is 12.4 Å². The van der Waals surface area contributed by atoms with Gasteiger partial charge in [-0.1, -0.05) is 0 Å². The number of rotatable bonds is 3. The van der Waals surface area contributed by atoms with E-state index in [1.807, 2.05) is 0 Å². The van der Waals surface area contributed by atoms with Crippen molar-refractivity contribution in [2.24, 2.45) is 0 Å². The monoisotopic (exact) mass is 279 g/mol. The van der Waals surface area contributed by atoms with E-state index in [2.05, 4.69) is 20.3 Å². The molecule has 3 rings (SSSR count). The van der Waals surface area contributed by atoms with Gasteiger partial charge in [-0.25, -0.2) is 9.07 Å². The summed E-state index contributed by atoms with van der Waals surface area (Å²) in [7, 11) is 0. The van der Waals surface area contributed by atoms with E-state index in [-0.39, 0.29) is 5.69 Å². The van der Waals surface area contributed by atoms with Crippen LogP contribution in [0.15, 0.2) is 36.9 Å². The molecule has 0 fully saturated rings. The number of hydrogen-bond acceptors (Lipinski definition) is 3. The zero-order valence-electron chi connectivity index (χ0n) is 9.96. The topological polar surface area (TPSA) is 59.4 Å². The van der Waals surface area contributed by atoms with Gasteiger partial charge < -0.3 is 0 Å². The highest BCUT2D eigenvalue weighted by Crippen LogP contribution is 2.30. The molecule has 0 atom stereocenters. The summed E-state index contributed by atoms with van der Waals surface area (Å²) in [5, 5.41) is 10.2. The molecular formula is C12H8F3N5. The minimum atomic E-state index is -2.77. The number of halogens is 3. The van der Waals surface area contributed by atoms with Gasteiger partial charge in [-0.3, -0.25) is 10.1 Å². The Kier molecular flexibility index (Phi) is 2.97. The second-order valence-electron chi connectivity index (χ2n) is 4.00. The lowest BCUT2D eigenvalue weighted by atomic mass is 10.1. The van der Waals surface area contributed by atoms with Gasteiger partial charge in [0.15, 0.2) is 0 Å². The van der Waals surface area contributed by atoms with Crippen LogP contribution in [0, 0.1) is 5.82 Å². The summed E-state index contributed by atoms with van der Waals surface area (Å²) < 4.78 is 39.0. The van der Waals surface area contributed by atoms with E-state index in [1.165, 1.54) is 24.5 Å². The molecule has 0 spiro atoms. The van der Waals surface area contributed by atoms with Crippen LogP contribution in [0.5, 0.6) is 0 Å². The van der Waals surface area contributed by atoms with Crippen LogP contribution >= 0.6 is 0 Å². The molecule has 20 heavy (non-hydrogen) atoms. The third-order valence-electron chi connectivity index (χ3n) is 2.71. The average Bonchev–Trinajstić information content (AvgIpc) is 3.08. The molecule has 0 bridgehead atoms. The van der Waals surface area contributed by atoms with Crippen LogP contribution in [-0.4, -0.2) is 25.0 Å². The van der Waals surface area contributed by atoms with Crippen LogP contribution in [0.3, 0.4) is 0 Å². The summed E-state index contributed by atoms with van der Waals surface area (Å²) in [6.45, 7) is -2.77. The molecule has 0 saturated heterocycles. The molecule has 0 aromatic carbocycles. The highest BCUT2D eigenvalue weighted by molar-refractivity contribution is 5.78. The van der Waals surface area contributed by atoms with Crippen LogP contribution in [0.4, 0.5) is 13.2 Å². The highest BCUT2D eigenvalue weighted by Gasteiger charge is 2.18. The number of hydrogen-bond donors (Lipinski definition) is 1. The SMILES string of the molecule is Fc1ccc(-c2nn(C(F)F)cc2-c2cn[nH]c2)nc1. The van der Waals surface area contributed by atoms with Gasteiger partial charge in [0.25, 0.3) is 0 Å². The summed E-state index contributed by atoms with van der Waals surface area (Å²) >= 11 is 0. The third kappa shape index (κ3) is 2.15. The van der Waals surface area contributed by atoms with Crippen molar-refractivity contribution in [1.82, 2.24) is 25.0 Å². The van der Waals surface area contributed by atoms with Crippen molar-refractivity contribution < 1.29 is 13.2 Å². The number of pyridine rings is 1. The fraction of sp³-hybridized carbons (Fsp3) is 0.0833. The molecular weight excluding hydrogens is 271 g/mol. The average molecular weight is 279 g/mol. The number of nitrogens with zero attached hydrogens (tertiary/aromatic N) is 4.